The summed E-state index contributed by atoms with van der Waals surface area (Å²) in [5.41, 5.74) is 4.47. The molecule has 0 saturated carbocycles. The van der Waals surface area contributed by atoms with Gasteiger partial charge in [0.05, 0.1) is 11.7 Å². The van der Waals surface area contributed by atoms with Gasteiger partial charge in [-0.2, -0.15) is 13.2 Å². The van der Waals surface area contributed by atoms with E-state index in [4.69, 9.17) is 5.73 Å². The third-order valence-corrected chi connectivity index (χ3v) is 1.74. The number of imidazole rings is 1. The van der Waals surface area contributed by atoms with Crippen molar-refractivity contribution in [3.05, 3.63) is 24.2 Å². The van der Waals surface area contributed by atoms with Gasteiger partial charge in [-0.3, -0.25) is 0 Å². The average molecular weight is 202 g/mol. The lowest BCUT2D eigenvalue weighted by Gasteiger charge is -2.08. The van der Waals surface area contributed by atoms with E-state index >= 15 is 0 Å². The third-order valence-electron chi connectivity index (χ3n) is 1.74. The van der Waals surface area contributed by atoms with E-state index in [1.165, 1.54) is 17.0 Å². The van der Waals surface area contributed by atoms with E-state index in [9.17, 15) is 13.2 Å². The van der Waals surface area contributed by atoms with Crippen LogP contribution >= 0.6 is 0 Å². The highest BCUT2D eigenvalue weighted by Gasteiger charge is 2.34. The Balaban J connectivity index is 2.71. The zero-order valence-corrected chi connectivity index (χ0v) is 6.78. The fourth-order valence-corrected chi connectivity index (χ4v) is 1.10. The molecule has 74 valence electrons. The third kappa shape index (κ3) is 1.26. The normalized spacial score (nSPS) is 12.2. The van der Waals surface area contributed by atoms with Gasteiger partial charge in [0.15, 0.2) is 5.82 Å². The van der Waals surface area contributed by atoms with Crippen LogP contribution in [0.5, 0.6) is 0 Å². The number of hydrogen-bond acceptors (Lipinski definition) is 3. The Morgan fingerprint density at radius 2 is 2.07 bits per heavy atom. The molecule has 0 saturated heterocycles. The molecule has 0 aromatic carbocycles. The second-order valence-electron chi connectivity index (χ2n) is 2.70. The second-order valence-corrected chi connectivity index (χ2v) is 2.70. The van der Waals surface area contributed by atoms with Crippen LogP contribution in [-0.4, -0.2) is 14.6 Å². The van der Waals surface area contributed by atoms with Crippen LogP contribution in [-0.2, 0) is 6.18 Å². The summed E-state index contributed by atoms with van der Waals surface area (Å²) < 4.78 is 38.2. The molecule has 2 N–H and O–H groups in total. The molecule has 0 amide bonds. The fourth-order valence-electron chi connectivity index (χ4n) is 1.10. The Labute approximate surface area is 76.2 Å². The Hall–Kier alpha value is -1.79. The standard InChI is InChI=1S/C7H5F3N4/c8-7(9,10)5-1-4-2-12-3-14(4)13-6(5)11/h1-3H,(H2,11,13). The van der Waals surface area contributed by atoms with Crippen molar-refractivity contribution in [3.8, 4) is 0 Å². The largest absolute Gasteiger partial charge is 0.420 e. The number of rotatable bonds is 0. The minimum Gasteiger partial charge on any atom is -0.382 e. The number of nitrogen functional groups attached to an aromatic ring is 1. The molecule has 0 aliphatic rings. The van der Waals surface area contributed by atoms with Crippen LogP contribution < -0.4 is 5.73 Å². The maximum absolute atomic E-state index is 12.3. The summed E-state index contributed by atoms with van der Waals surface area (Å²) in [6.07, 6.45) is -1.92. The Morgan fingerprint density at radius 1 is 1.36 bits per heavy atom. The Bertz CT molecular complexity index is 473. The highest BCUT2D eigenvalue weighted by Crippen LogP contribution is 2.32. The Morgan fingerprint density at radius 3 is 2.71 bits per heavy atom. The molecule has 0 radical (unpaired) electrons. The molecule has 0 bridgehead atoms. The van der Waals surface area contributed by atoms with Crippen LogP contribution in [0.15, 0.2) is 18.6 Å². The maximum Gasteiger partial charge on any atom is 0.420 e. The predicted molar refractivity (Wildman–Crippen MR) is 42.4 cm³/mol. The number of aromatic nitrogens is 3. The number of anilines is 1. The fraction of sp³-hybridized carbons (Fsp3) is 0.143. The zero-order valence-electron chi connectivity index (χ0n) is 6.78. The van der Waals surface area contributed by atoms with Gasteiger partial charge in [0, 0.05) is 0 Å². The van der Waals surface area contributed by atoms with Crippen LogP contribution in [0.25, 0.3) is 5.52 Å². The van der Waals surface area contributed by atoms with Crippen LogP contribution in [0, 0.1) is 0 Å². The summed E-state index contributed by atoms with van der Waals surface area (Å²) in [5, 5.41) is 3.51. The van der Waals surface area contributed by atoms with Gasteiger partial charge in [0.1, 0.15) is 11.9 Å². The lowest BCUT2D eigenvalue weighted by atomic mass is 10.2. The van der Waals surface area contributed by atoms with E-state index < -0.39 is 17.6 Å². The van der Waals surface area contributed by atoms with E-state index in [0.29, 0.717) is 0 Å². The maximum atomic E-state index is 12.3. The van der Waals surface area contributed by atoms with Gasteiger partial charge in [0.25, 0.3) is 0 Å². The number of nitrogens with zero attached hydrogens (tertiary/aromatic N) is 3. The molecule has 0 fully saturated rings. The van der Waals surface area contributed by atoms with E-state index in [-0.39, 0.29) is 5.52 Å². The SMILES string of the molecule is Nc1nn2cncc2cc1C(F)(F)F. The van der Waals surface area contributed by atoms with E-state index in [2.05, 4.69) is 10.1 Å². The molecule has 4 nitrogen and oxygen atoms in total. The van der Waals surface area contributed by atoms with Crippen molar-refractivity contribution in [3.63, 3.8) is 0 Å². The van der Waals surface area contributed by atoms with Crippen LogP contribution in [0.4, 0.5) is 19.0 Å². The first-order valence-corrected chi connectivity index (χ1v) is 3.64. The van der Waals surface area contributed by atoms with Gasteiger partial charge in [-0.05, 0) is 6.07 Å². The number of hydrogen-bond donors (Lipinski definition) is 1. The van der Waals surface area contributed by atoms with Gasteiger partial charge in [-0.15, -0.1) is 5.10 Å². The number of halogens is 3. The molecule has 14 heavy (non-hydrogen) atoms. The van der Waals surface area contributed by atoms with Gasteiger partial charge in [-0.25, -0.2) is 9.50 Å². The second kappa shape index (κ2) is 2.60. The Kier molecular flexibility index (Phi) is 1.63. The smallest absolute Gasteiger partial charge is 0.382 e. The minimum atomic E-state index is -4.48. The van der Waals surface area contributed by atoms with Crippen molar-refractivity contribution >= 4 is 11.3 Å². The summed E-state index contributed by atoms with van der Waals surface area (Å²) in [5.74, 6) is -0.553. The summed E-state index contributed by atoms with van der Waals surface area (Å²) in [6.45, 7) is 0. The van der Waals surface area contributed by atoms with Gasteiger partial charge < -0.3 is 5.73 Å². The van der Waals surface area contributed by atoms with Gasteiger partial charge >= 0.3 is 6.18 Å². The highest BCUT2D eigenvalue weighted by molar-refractivity contribution is 5.53. The van der Waals surface area contributed by atoms with Crippen LogP contribution in [0.1, 0.15) is 5.56 Å². The average Bonchev–Trinajstić information content (AvgIpc) is 2.47. The number of alkyl halides is 3. The first-order valence-electron chi connectivity index (χ1n) is 3.64. The molecule has 2 rings (SSSR count). The summed E-state index contributed by atoms with van der Waals surface area (Å²) in [7, 11) is 0. The monoisotopic (exact) mass is 202 g/mol. The van der Waals surface area contributed by atoms with Crippen LogP contribution in [0.2, 0.25) is 0 Å². The highest BCUT2D eigenvalue weighted by atomic mass is 19.4. The van der Waals surface area contributed by atoms with Crippen molar-refractivity contribution in [2.75, 3.05) is 5.73 Å². The van der Waals surface area contributed by atoms with E-state index in [1.54, 1.807) is 0 Å². The predicted octanol–water partition coefficient (Wildman–Crippen LogP) is 1.33. The molecule has 2 heterocycles. The molecule has 2 aromatic heterocycles. The van der Waals surface area contributed by atoms with Crippen molar-refractivity contribution in [2.45, 2.75) is 6.18 Å². The van der Waals surface area contributed by atoms with Crippen molar-refractivity contribution in [2.24, 2.45) is 0 Å². The van der Waals surface area contributed by atoms with Gasteiger partial charge in [-0.1, -0.05) is 0 Å². The first kappa shape index (κ1) is 8.79. The van der Waals surface area contributed by atoms with Crippen molar-refractivity contribution in [1.82, 2.24) is 14.6 Å². The lowest BCUT2D eigenvalue weighted by molar-refractivity contribution is -0.137. The lowest BCUT2D eigenvalue weighted by Crippen LogP contribution is -2.12. The molecule has 2 aromatic rings. The summed E-state index contributed by atoms with van der Waals surface area (Å²) in [4.78, 5) is 3.64. The molecule has 0 aliphatic carbocycles. The van der Waals surface area contributed by atoms with Crippen LogP contribution in [0.3, 0.4) is 0 Å². The van der Waals surface area contributed by atoms with Crippen molar-refractivity contribution < 1.29 is 13.2 Å². The molecular weight excluding hydrogens is 197 g/mol. The molecule has 0 atom stereocenters. The number of nitrogens with two attached hydrogens (primary N) is 1. The summed E-state index contributed by atoms with van der Waals surface area (Å²) in [6, 6.07) is 0.912. The summed E-state index contributed by atoms with van der Waals surface area (Å²) >= 11 is 0. The van der Waals surface area contributed by atoms with E-state index in [1.807, 2.05) is 0 Å². The topological polar surface area (TPSA) is 56.2 Å². The van der Waals surface area contributed by atoms with Crippen molar-refractivity contribution in [1.29, 1.82) is 0 Å². The zero-order chi connectivity index (χ0) is 10.3. The van der Waals surface area contributed by atoms with Gasteiger partial charge in [0.2, 0.25) is 0 Å². The molecule has 7 heteroatoms. The minimum absolute atomic E-state index is 0.256. The number of fused-ring (bicyclic) bond motifs is 1. The molecular formula is C7H5F3N4. The molecule has 0 spiro atoms. The first-order chi connectivity index (χ1) is 6.48. The molecule has 0 aliphatic heterocycles. The van der Waals surface area contributed by atoms with E-state index in [0.717, 1.165) is 6.07 Å². The molecule has 0 unspecified atom stereocenters. The quantitative estimate of drug-likeness (QED) is 0.701.